The van der Waals surface area contributed by atoms with Crippen LogP contribution in [0.2, 0.25) is 0 Å². The average molecular weight is 489 g/mol. The number of rotatable bonds is 8. The maximum atomic E-state index is 12.7. The van der Waals surface area contributed by atoms with Crippen molar-refractivity contribution in [3.05, 3.63) is 65.6 Å². The molecule has 0 aliphatic rings. The zero-order valence-electron chi connectivity index (χ0n) is 18.9. The monoisotopic (exact) mass is 488 g/mol. The SMILES string of the molecule is CCCc1ncc(Cc2ccc3cccc(OSC(F)(F)F)c3n2)c2cc(OC)c(OC)cc12. The molecule has 0 spiro atoms. The van der Waals surface area contributed by atoms with Gasteiger partial charge in [0.1, 0.15) is 5.52 Å². The van der Waals surface area contributed by atoms with Crippen LogP contribution in [0.3, 0.4) is 0 Å². The molecule has 0 aliphatic carbocycles. The zero-order chi connectivity index (χ0) is 24.3. The second kappa shape index (κ2) is 9.97. The number of halogens is 3. The van der Waals surface area contributed by atoms with Crippen LogP contribution in [0.4, 0.5) is 13.2 Å². The molecule has 5 nitrogen and oxygen atoms in total. The van der Waals surface area contributed by atoms with Gasteiger partial charge in [-0.2, -0.15) is 13.2 Å². The molecule has 4 aromatic rings. The van der Waals surface area contributed by atoms with Crippen LogP contribution in [0.15, 0.2) is 48.7 Å². The number of fused-ring (bicyclic) bond motifs is 2. The maximum Gasteiger partial charge on any atom is 0.479 e. The number of methoxy groups -OCH3 is 2. The van der Waals surface area contributed by atoms with Crippen LogP contribution in [0.1, 0.15) is 30.3 Å². The first-order chi connectivity index (χ1) is 16.3. The number of para-hydroxylation sites is 1. The first-order valence-corrected chi connectivity index (χ1v) is 11.4. The van der Waals surface area contributed by atoms with Gasteiger partial charge in [0.15, 0.2) is 29.3 Å². The average Bonchev–Trinajstić information content (AvgIpc) is 2.83. The second-order valence-electron chi connectivity index (χ2n) is 7.65. The number of alkyl halides is 3. The minimum atomic E-state index is -4.51. The highest BCUT2D eigenvalue weighted by Crippen LogP contribution is 2.37. The molecule has 2 aromatic carbocycles. The first kappa shape index (κ1) is 23.9. The number of benzene rings is 2. The van der Waals surface area contributed by atoms with Crippen molar-refractivity contribution in [1.82, 2.24) is 9.97 Å². The summed E-state index contributed by atoms with van der Waals surface area (Å²) in [7, 11) is 3.18. The fourth-order valence-corrected chi connectivity index (χ4v) is 4.19. The summed E-state index contributed by atoms with van der Waals surface area (Å²) in [6.07, 6.45) is 4.02. The molecule has 0 N–H and O–H groups in total. The molecule has 0 saturated carbocycles. The summed E-state index contributed by atoms with van der Waals surface area (Å²) in [4.78, 5) is 9.31. The lowest BCUT2D eigenvalue weighted by atomic mass is 9.99. The fourth-order valence-electron chi connectivity index (χ4n) is 3.87. The largest absolute Gasteiger partial charge is 0.493 e. The van der Waals surface area contributed by atoms with Crippen LogP contribution in [-0.4, -0.2) is 29.7 Å². The zero-order valence-corrected chi connectivity index (χ0v) is 19.7. The summed E-state index contributed by atoms with van der Waals surface area (Å²) in [6.45, 7) is 2.10. The highest BCUT2D eigenvalue weighted by atomic mass is 32.2. The van der Waals surface area contributed by atoms with Gasteiger partial charge in [-0.3, -0.25) is 4.98 Å². The van der Waals surface area contributed by atoms with Crippen molar-refractivity contribution in [2.24, 2.45) is 0 Å². The fraction of sp³-hybridized carbons (Fsp3) is 0.280. The van der Waals surface area contributed by atoms with Crippen LogP contribution in [0.25, 0.3) is 21.7 Å². The van der Waals surface area contributed by atoms with Crippen molar-refractivity contribution in [3.63, 3.8) is 0 Å². The number of nitrogens with zero attached hydrogens (tertiary/aromatic N) is 2. The van der Waals surface area contributed by atoms with Gasteiger partial charge in [0.25, 0.3) is 0 Å². The van der Waals surface area contributed by atoms with Gasteiger partial charge in [0.05, 0.1) is 14.2 Å². The third kappa shape index (κ3) is 5.14. The van der Waals surface area contributed by atoms with Gasteiger partial charge < -0.3 is 13.7 Å². The van der Waals surface area contributed by atoms with Crippen LogP contribution in [-0.2, 0) is 12.8 Å². The van der Waals surface area contributed by atoms with Gasteiger partial charge in [-0.05, 0) is 41.6 Å². The third-order valence-corrected chi connectivity index (χ3v) is 5.83. The number of aromatic nitrogens is 2. The Labute approximate surface area is 199 Å². The van der Waals surface area contributed by atoms with Crippen molar-refractivity contribution in [3.8, 4) is 17.2 Å². The summed E-state index contributed by atoms with van der Waals surface area (Å²) in [6, 6.07) is 12.4. The lowest BCUT2D eigenvalue weighted by molar-refractivity contribution is -0.0369. The van der Waals surface area contributed by atoms with Gasteiger partial charge in [0, 0.05) is 34.8 Å². The molecule has 9 heteroatoms. The Morgan fingerprint density at radius 3 is 2.35 bits per heavy atom. The van der Waals surface area contributed by atoms with E-state index in [1.165, 1.54) is 6.07 Å². The Morgan fingerprint density at radius 2 is 1.68 bits per heavy atom. The molecular formula is C25H23F3N2O3S. The molecule has 0 fully saturated rings. The number of aryl methyl sites for hydroxylation is 1. The van der Waals surface area contributed by atoms with E-state index in [4.69, 9.17) is 13.7 Å². The van der Waals surface area contributed by atoms with Crippen molar-refractivity contribution in [2.75, 3.05) is 14.2 Å². The highest BCUT2D eigenvalue weighted by molar-refractivity contribution is 7.95. The lowest BCUT2D eigenvalue weighted by Crippen LogP contribution is -2.03. The van der Waals surface area contributed by atoms with E-state index < -0.39 is 17.6 Å². The quantitative estimate of drug-likeness (QED) is 0.252. The minimum absolute atomic E-state index is 0.0642. The Bertz CT molecular complexity index is 1330. The van der Waals surface area contributed by atoms with E-state index in [0.29, 0.717) is 34.5 Å². The Balaban J connectivity index is 1.77. The summed E-state index contributed by atoms with van der Waals surface area (Å²) < 4.78 is 53.9. The van der Waals surface area contributed by atoms with Gasteiger partial charge >= 0.3 is 5.51 Å². The van der Waals surface area contributed by atoms with E-state index in [-0.39, 0.29) is 5.75 Å². The molecule has 0 radical (unpaired) electrons. The minimum Gasteiger partial charge on any atom is -0.493 e. The molecule has 178 valence electrons. The van der Waals surface area contributed by atoms with Gasteiger partial charge in [0.2, 0.25) is 0 Å². The number of hydrogen-bond acceptors (Lipinski definition) is 6. The Kier molecular flexibility index (Phi) is 7.02. The van der Waals surface area contributed by atoms with Crippen LogP contribution in [0.5, 0.6) is 17.2 Å². The molecule has 0 amide bonds. The predicted octanol–water partition coefficient (Wildman–Crippen LogP) is 6.89. The van der Waals surface area contributed by atoms with E-state index in [1.54, 1.807) is 26.4 Å². The number of ether oxygens (including phenoxy) is 2. The predicted molar refractivity (Wildman–Crippen MR) is 128 cm³/mol. The summed E-state index contributed by atoms with van der Waals surface area (Å²) in [5, 5.41) is 2.63. The van der Waals surface area contributed by atoms with E-state index in [2.05, 4.69) is 16.9 Å². The first-order valence-electron chi connectivity index (χ1n) is 10.7. The van der Waals surface area contributed by atoms with Crippen molar-refractivity contribution in [2.45, 2.75) is 31.7 Å². The third-order valence-electron chi connectivity index (χ3n) is 5.38. The smallest absolute Gasteiger partial charge is 0.479 e. The molecule has 2 heterocycles. The summed E-state index contributed by atoms with van der Waals surface area (Å²) in [5.74, 6) is 1.30. The van der Waals surface area contributed by atoms with Crippen molar-refractivity contribution < 1.29 is 26.8 Å². The Hall–Kier alpha value is -3.20. The van der Waals surface area contributed by atoms with Gasteiger partial charge in [-0.25, -0.2) is 4.98 Å². The van der Waals surface area contributed by atoms with E-state index in [1.807, 2.05) is 30.5 Å². The lowest BCUT2D eigenvalue weighted by Gasteiger charge is -2.15. The van der Waals surface area contributed by atoms with Gasteiger partial charge in [-0.1, -0.05) is 31.5 Å². The maximum absolute atomic E-state index is 12.7. The molecule has 4 rings (SSSR count). The standard InChI is InChI=1S/C25H23F3N2O3S/c1-4-6-20-19-13-23(32-3)22(31-2)12-18(19)16(14-29-20)11-17-10-9-15-7-5-8-21(24(15)30-17)33-34-25(26,27)28/h5,7-10,12-14H,4,6,11H2,1-3H3. The van der Waals surface area contributed by atoms with Crippen LogP contribution < -0.4 is 13.7 Å². The van der Waals surface area contributed by atoms with E-state index >= 15 is 0 Å². The molecule has 0 bridgehead atoms. The molecule has 0 aliphatic heterocycles. The Morgan fingerprint density at radius 1 is 0.941 bits per heavy atom. The van der Waals surface area contributed by atoms with E-state index in [0.717, 1.165) is 34.9 Å². The molecule has 0 saturated heterocycles. The van der Waals surface area contributed by atoms with Crippen LogP contribution >= 0.6 is 12.0 Å². The summed E-state index contributed by atoms with van der Waals surface area (Å²) in [5.41, 5.74) is -1.57. The normalized spacial score (nSPS) is 11.7. The van der Waals surface area contributed by atoms with Gasteiger partial charge in [-0.15, -0.1) is 0 Å². The molecule has 2 aromatic heterocycles. The number of pyridine rings is 2. The van der Waals surface area contributed by atoms with Crippen molar-refractivity contribution in [1.29, 1.82) is 0 Å². The van der Waals surface area contributed by atoms with Crippen LogP contribution in [0, 0.1) is 0 Å². The topological polar surface area (TPSA) is 53.5 Å². The molecule has 0 atom stereocenters. The summed E-state index contributed by atoms with van der Waals surface area (Å²) >= 11 is -0.549. The highest BCUT2D eigenvalue weighted by Gasteiger charge is 2.31. The molecular weight excluding hydrogens is 465 g/mol. The number of hydrogen-bond donors (Lipinski definition) is 0. The molecule has 34 heavy (non-hydrogen) atoms. The van der Waals surface area contributed by atoms with Crippen molar-refractivity contribution >= 4 is 33.7 Å². The van der Waals surface area contributed by atoms with E-state index in [9.17, 15) is 13.2 Å². The molecule has 0 unspecified atom stereocenters. The second-order valence-corrected chi connectivity index (χ2v) is 8.45.